The smallest absolute Gasteiger partial charge is 0.261 e. The summed E-state index contributed by atoms with van der Waals surface area (Å²) >= 11 is 1.36. The highest BCUT2D eigenvalue weighted by Gasteiger charge is 2.21. The van der Waals surface area contributed by atoms with Gasteiger partial charge < -0.3 is 16.0 Å². The first-order valence-corrected chi connectivity index (χ1v) is 8.05. The summed E-state index contributed by atoms with van der Waals surface area (Å²) in [6.45, 7) is 6.43. The lowest BCUT2D eigenvalue weighted by Gasteiger charge is -2.24. The second kappa shape index (κ2) is 9.82. The lowest BCUT2D eigenvalue weighted by Crippen LogP contribution is -2.46. The lowest BCUT2D eigenvalue weighted by molar-refractivity contribution is -0.131. The van der Waals surface area contributed by atoms with E-state index in [2.05, 4.69) is 19.2 Å². The van der Waals surface area contributed by atoms with Crippen LogP contribution in [0.3, 0.4) is 0 Å². The zero-order valence-electron chi connectivity index (χ0n) is 13.5. The monoisotopic (exact) mass is 347 g/mol. The molecule has 5 nitrogen and oxygen atoms in total. The molecule has 0 saturated heterocycles. The number of likely N-dealkylation sites (N-methyl/N-ethyl adjacent to an activating group) is 1. The number of halogens is 1. The van der Waals surface area contributed by atoms with E-state index in [1.807, 2.05) is 11.4 Å². The van der Waals surface area contributed by atoms with Gasteiger partial charge in [0.1, 0.15) is 6.04 Å². The summed E-state index contributed by atoms with van der Waals surface area (Å²) in [5, 5.41) is 4.56. The highest BCUT2D eigenvalue weighted by Crippen LogP contribution is 2.09. The Labute approximate surface area is 142 Å². The average Bonchev–Trinajstić information content (AvgIpc) is 2.97. The minimum atomic E-state index is -0.542. The van der Waals surface area contributed by atoms with Crippen LogP contribution in [-0.4, -0.2) is 42.4 Å². The Bertz CT molecular complexity index is 465. The third kappa shape index (κ3) is 6.34. The molecule has 22 heavy (non-hydrogen) atoms. The van der Waals surface area contributed by atoms with Crippen LogP contribution in [0.4, 0.5) is 0 Å². The van der Waals surface area contributed by atoms with E-state index in [4.69, 9.17) is 5.73 Å². The lowest BCUT2D eigenvalue weighted by atomic mass is 10.0. The molecule has 2 atom stereocenters. The molecule has 0 aliphatic rings. The molecule has 0 aliphatic carbocycles. The molecule has 126 valence electrons. The van der Waals surface area contributed by atoms with E-state index < -0.39 is 6.04 Å². The molecule has 1 heterocycles. The molecule has 0 aliphatic heterocycles. The van der Waals surface area contributed by atoms with Gasteiger partial charge in [0.2, 0.25) is 5.91 Å². The SMILES string of the molecule is CC(NC(=O)c1cccs1)C(=O)N(C)CCC(N)C(C)C.Cl. The van der Waals surface area contributed by atoms with E-state index >= 15 is 0 Å². The van der Waals surface area contributed by atoms with E-state index in [1.165, 1.54) is 11.3 Å². The van der Waals surface area contributed by atoms with E-state index in [0.717, 1.165) is 6.42 Å². The standard InChI is InChI=1S/C15H25N3O2S.ClH/c1-10(2)12(16)7-8-18(4)15(20)11(3)17-14(19)13-6-5-9-21-13;/h5-6,9-12H,7-8,16H2,1-4H3,(H,17,19);1H. The predicted octanol–water partition coefficient (Wildman–Crippen LogP) is 2.12. The third-order valence-corrected chi connectivity index (χ3v) is 4.36. The molecule has 0 spiro atoms. The number of nitrogens with zero attached hydrogens (tertiary/aromatic N) is 1. The maximum Gasteiger partial charge on any atom is 0.261 e. The predicted molar refractivity (Wildman–Crippen MR) is 93.6 cm³/mol. The number of nitrogens with one attached hydrogen (secondary N) is 1. The van der Waals surface area contributed by atoms with Crippen LogP contribution in [-0.2, 0) is 4.79 Å². The highest BCUT2D eigenvalue weighted by atomic mass is 35.5. The molecule has 0 radical (unpaired) electrons. The van der Waals surface area contributed by atoms with Gasteiger partial charge in [0.05, 0.1) is 4.88 Å². The molecule has 1 rings (SSSR count). The molecule has 1 aromatic heterocycles. The summed E-state index contributed by atoms with van der Waals surface area (Å²) in [7, 11) is 1.74. The van der Waals surface area contributed by atoms with E-state index in [9.17, 15) is 9.59 Å². The van der Waals surface area contributed by atoms with Crippen molar-refractivity contribution < 1.29 is 9.59 Å². The topological polar surface area (TPSA) is 75.4 Å². The van der Waals surface area contributed by atoms with Crippen LogP contribution < -0.4 is 11.1 Å². The Morgan fingerprint density at radius 1 is 1.36 bits per heavy atom. The number of amides is 2. The summed E-state index contributed by atoms with van der Waals surface area (Å²) in [5.74, 6) is 0.0819. The molecule has 0 aromatic carbocycles. The second-order valence-electron chi connectivity index (χ2n) is 5.63. The third-order valence-electron chi connectivity index (χ3n) is 3.49. The molecule has 2 unspecified atom stereocenters. The van der Waals surface area contributed by atoms with Crippen LogP contribution in [0.2, 0.25) is 0 Å². The maximum atomic E-state index is 12.2. The van der Waals surface area contributed by atoms with Gasteiger partial charge >= 0.3 is 0 Å². The van der Waals surface area contributed by atoms with Crippen molar-refractivity contribution in [1.82, 2.24) is 10.2 Å². The van der Waals surface area contributed by atoms with Crippen LogP contribution >= 0.6 is 23.7 Å². The largest absolute Gasteiger partial charge is 0.344 e. The van der Waals surface area contributed by atoms with Crippen molar-refractivity contribution in [2.24, 2.45) is 11.7 Å². The van der Waals surface area contributed by atoms with Crippen molar-refractivity contribution in [3.63, 3.8) is 0 Å². The fraction of sp³-hybridized carbons (Fsp3) is 0.600. The second-order valence-corrected chi connectivity index (χ2v) is 6.58. The highest BCUT2D eigenvalue weighted by molar-refractivity contribution is 7.12. The van der Waals surface area contributed by atoms with Gasteiger partial charge in [-0.25, -0.2) is 0 Å². The van der Waals surface area contributed by atoms with Crippen molar-refractivity contribution in [2.45, 2.75) is 39.3 Å². The molecular weight excluding hydrogens is 322 g/mol. The number of nitrogens with two attached hydrogens (primary N) is 1. The van der Waals surface area contributed by atoms with Gasteiger partial charge in [-0.3, -0.25) is 9.59 Å². The molecule has 7 heteroatoms. The molecule has 0 saturated carbocycles. The van der Waals surface area contributed by atoms with Crippen LogP contribution in [0.15, 0.2) is 17.5 Å². The first-order valence-electron chi connectivity index (χ1n) is 7.17. The van der Waals surface area contributed by atoms with Crippen LogP contribution in [0.5, 0.6) is 0 Å². The van der Waals surface area contributed by atoms with E-state index in [1.54, 1.807) is 24.9 Å². The van der Waals surface area contributed by atoms with Gasteiger partial charge in [-0.05, 0) is 30.7 Å². The molecular formula is C15H26ClN3O2S. The molecule has 0 bridgehead atoms. The zero-order chi connectivity index (χ0) is 16.0. The van der Waals surface area contributed by atoms with Crippen LogP contribution in [0.1, 0.15) is 36.9 Å². The maximum absolute atomic E-state index is 12.2. The van der Waals surface area contributed by atoms with Crippen molar-refractivity contribution in [1.29, 1.82) is 0 Å². The molecule has 2 amide bonds. The fourth-order valence-corrected chi connectivity index (χ4v) is 2.48. The number of hydrogen-bond donors (Lipinski definition) is 2. The molecule has 1 aromatic rings. The van der Waals surface area contributed by atoms with Crippen molar-refractivity contribution in [3.8, 4) is 0 Å². The summed E-state index contributed by atoms with van der Waals surface area (Å²) in [6.07, 6.45) is 0.755. The van der Waals surface area contributed by atoms with Crippen molar-refractivity contribution >= 4 is 35.6 Å². The van der Waals surface area contributed by atoms with E-state index in [0.29, 0.717) is 17.3 Å². The summed E-state index contributed by atoms with van der Waals surface area (Å²) in [6, 6.07) is 3.09. The number of thiophene rings is 1. The number of carbonyl (C=O) groups is 2. The first-order chi connectivity index (χ1) is 9.82. The van der Waals surface area contributed by atoms with Crippen LogP contribution in [0, 0.1) is 5.92 Å². The van der Waals surface area contributed by atoms with Gasteiger partial charge in [-0.1, -0.05) is 19.9 Å². The van der Waals surface area contributed by atoms with Gasteiger partial charge in [-0.2, -0.15) is 0 Å². The summed E-state index contributed by atoms with van der Waals surface area (Å²) < 4.78 is 0. The number of hydrogen-bond acceptors (Lipinski definition) is 4. The zero-order valence-corrected chi connectivity index (χ0v) is 15.2. The van der Waals surface area contributed by atoms with Crippen molar-refractivity contribution in [2.75, 3.05) is 13.6 Å². The van der Waals surface area contributed by atoms with E-state index in [-0.39, 0.29) is 30.3 Å². The Morgan fingerprint density at radius 2 is 2.00 bits per heavy atom. The van der Waals surface area contributed by atoms with Gasteiger partial charge in [-0.15, -0.1) is 23.7 Å². The Balaban J connectivity index is 0.00000441. The Morgan fingerprint density at radius 3 is 2.50 bits per heavy atom. The quantitative estimate of drug-likeness (QED) is 0.793. The number of carbonyl (C=O) groups excluding carboxylic acids is 2. The van der Waals surface area contributed by atoms with Crippen molar-refractivity contribution in [3.05, 3.63) is 22.4 Å². The summed E-state index contributed by atoms with van der Waals surface area (Å²) in [4.78, 5) is 26.3. The molecule has 3 N–H and O–H groups in total. The number of rotatable bonds is 7. The Hall–Kier alpha value is -1.11. The van der Waals surface area contributed by atoms with Gasteiger partial charge in [0.15, 0.2) is 0 Å². The van der Waals surface area contributed by atoms with Gasteiger partial charge in [0, 0.05) is 19.6 Å². The average molecular weight is 348 g/mol. The first kappa shape index (κ1) is 20.9. The normalized spacial score (nSPS) is 13.2. The molecule has 0 fully saturated rings. The minimum Gasteiger partial charge on any atom is -0.344 e. The summed E-state index contributed by atoms with van der Waals surface area (Å²) in [5.41, 5.74) is 5.98. The van der Waals surface area contributed by atoms with Crippen LogP contribution in [0.25, 0.3) is 0 Å². The Kier molecular flexibility index (Phi) is 9.32. The fourth-order valence-electron chi connectivity index (χ4n) is 1.85. The van der Waals surface area contributed by atoms with Gasteiger partial charge in [0.25, 0.3) is 5.91 Å². The minimum absolute atomic E-state index is 0.